The zero-order valence-electron chi connectivity index (χ0n) is 14.4. The highest BCUT2D eigenvalue weighted by Gasteiger charge is 2.12. The number of likely N-dealkylation sites (N-methyl/N-ethyl adjacent to an activating group) is 1. The number of hydrogen-bond acceptors (Lipinski definition) is 4. The number of aliphatic hydroxyl groups excluding tert-OH is 1. The quantitative estimate of drug-likeness (QED) is 0.636. The van der Waals surface area contributed by atoms with E-state index in [9.17, 15) is 5.11 Å². The Morgan fingerprint density at radius 1 is 1.12 bits per heavy atom. The summed E-state index contributed by atoms with van der Waals surface area (Å²) in [4.78, 5) is 8.25. The molecule has 3 nitrogen and oxygen atoms in total. The number of halogens is 1. The SMILES string of the molecule is CSc1ccc2cc(CN(C)CCO)c(-c3ccc(Cl)cc3)nc2c1. The van der Waals surface area contributed by atoms with Gasteiger partial charge in [-0.15, -0.1) is 11.8 Å². The summed E-state index contributed by atoms with van der Waals surface area (Å²) in [6.45, 7) is 1.50. The van der Waals surface area contributed by atoms with Crippen LogP contribution in [0.15, 0.2) is 53.4 Å². The molecule has 0 aliphatic rings. The normalized spacial score (nSPS) is 11.4. The van der Waals surface area contributed by atoms with Crippen molar-refractivity contribution in [3.63, 3.8) is 0 Å². The molecule has 3 rings (SSSR count). The Bertz CT molecular complexity index is 867. The third-order valence-electron chi connectivity index (χ3n) is 4.14. The van der Waals surface area contributed by atoms with Crippen LogP contribution in [-0.2, 0) is 6.54 Å². The Hall–Kier alpha value is -1.59. The summed E-state index contributed by atoms with van der Waals surface area (Å²) in [5, 5.41) is 11.0. The van der Waals surface area contributed by atoms with Crippen molar-refractivity contribution in [1.82, 2.24) is 9.88 Å². The highest BCUT2D eigenvalue weighted by atomic mass is 35.5. The van der Waals surface area contributed by atoms with E-state index in [-0.39, 0.29) is 6.61 Å². The number of aromatic nitrogens is 1. The highest BCUT2D eigenvalue weighted by molar-refractivity contribution is 7.98. The standard InChI is InChI=1S/C20H21ClN2OS/c1-23(9-10-24)13-16-11-15-5-8-18(25-2)12-19(15)22-20(16)14-3-6-17(21)7-4-14/h3-8,11-12,24H,9-10,13H2,1-2H3. The first-order valence-electron chi connectivity index (χ1n) is 8.13. The first kappa shape index (κ1) is 18.2. The lowest BCUT2D eigenvalue weighted by molar-refractivity contribution is 0.217. The van der Waals surface area contributed by atoms with Crippen LogP contribution in [0.25, 0.3) is 22.2 Å². The second kappa shape index (κ2) is 8.19. The zero-order valence-corrected chi connectivity index (χ0v) is 15.9. The number of rotatable bonds is 6. The summed E-state index contributed by atoms with van der Waals surface area (Å²) in [5.74, 6) is 0. The molecule has 0 bridgehead atoms. The van der Waals surface area contributed by atoms with Gasteiger partial charge < -0.3 is 5.11 Å². The van der Waals surface area contributed by atoms with Gasteiger partial charge >= 0.3 is 0 Å². The maximum Gasteiger partial charge on any atom is 0.0754 e. The van der Waals surface area contributed by atoms with Gasteiger partial charge in [0.1, 0.15) is 0 Å². The summed E-state index contributed by atoms with van der Waals surface area (Å²) in [6.07, 6.45) is 2.07. The van der Waals surface area contributed by atoms with E-state index in [1.807, 2.05) is 31.3 Å². The topological polar surface area (TPSA) is 36.4 Å². The fourth-order valence-electron chi connectivity index (χ4n) is 2.84. The Morgan fingerprint density at radius 3 is 2.56 bits per heavy atom. The average molecular weight is 373 g/mol. The van der Waals surface area contributed by atoms with Gasteiger partial charge in [0, 0.05) is 34.0 Å². The van der Waals surface area contributed by atoms with Gasteiger partial charge in [0.25, 0.3) is 0 Å². The molecule has 0 saturated carbocycles. The van der Waals surface area contributed by atoms with Crippen LogP contribution in [0.4, 0.5) is 0 Å². The number of nitrogens with zero attached hydrogens (tertiary/aromatic N) is 2. The third kappa shape index (κ3) is 4.33. The van der Waals surface area contributed by atoms with Gasteiger partial charge in [-0.25, -0.2) is 4.98 Å². The fraction of sp³-hybridized carbons (Fsp3) is 0.250. The second-order valence-corrected chi connectivity index (χ2v) is 7.34. The molecule has 130 valence electrons. The molecule has 0 aliphatic carbocycles. The first-order valence-corrected chi connectivity index (χ1v) is 9.74. The van der Waals surface area contributed by atoms with E-state index in [0.29, 0.717) is 11.6 Å². The van der Waals surface area contributed by atoms with Crippen LogP contribution in [-0.4, -0.2) is 41.4 Å². The van der Waals surface area contributed by atoms with E-state index in [2.05, 4.69) is 35.4 Å². The van der Waals surface area contributed by atoms with Crippen LogP contribution < -0.4 is 0 Å². The molecular weight excluding hydrogens is 352 g/mol. The van der Waals surface area contributed by atoms with Crippen molar-refractivity contribution in [2.75, 3.05) is 26.5 Å². The maximum absolute atomic E-state index is 9.19. The molecular formula is C20H21ClN2OS. The van der Waals surface area contributed by atoms with Gasteiger partial charge in [-0.05, 0) is 49.2 Å². The number of aliphatic hydroxyl groups is 1. The summed E-state index contributed by atoms with van der Waals surface area (Å²) >= 11 is 7.76. The molecule has 0 radical (unpaired) electrons. The predicted octanol–water partition coefficient (Wildman–Crippen LogP) is 4.70. The molecule has 0 amide bonds. The van der Waals surface area contributed by atoms with Crippen molar-refractivity contribution in [2.45, 2.75) is 11.4 Å². The van der Waals surface area contributed by atoms with Crippen molar-refractivity contribution < 1.29 is 5.11 Å². The number of pyridine rings is 1. The minimum atomic E-state index is 0.144. The van der Waals surface area contributed by atoms with Gasteiger partial charge in [-0.1, -0.05) is 29.8 Å². The van der Waals surface area contributed by atoms with Crippen LogP contribution >= 0.6 is 23.4 Å². The Labute approximate surface area is 157 Å². The van der Waals surface area contributed by atoms with Gasteiger partial charge in [0.05, 0.1) is 17.8 Å². The molecule has 1 N–H and O–H groups in total. The van der Waals surface area contributed by atoms with E-state index in [1.54, 1.807) is 11.8 Å². The Balaban J connectivity index is 2.12. The monoisotopic (exact) mass is 372 g/mol. The van der Waals surface area contributed by atoms with Gasteiger partial charge in [0.15, 0.2) is 0 Å². The summed E-state index contributed by atoms with van der Waals surface area (Å²) < 4.78 is 0. The minimum Gasteiger partial charge on any atom is -0.395 e. The largest absolute Gasteiger partial charge is 0.395 e. The number of hydrogen-bond donors (Lipinski definition) is 1. The molecule has 1 heterocycles. The van der Waals surface area contributed by atoms with Crippen molar-refractivity contribution in [3.05, 3.63) is 59.1 Å². The first-order chi connectivity index (χ1) is 12.1. The molecule has 2 aromatic carbocycles. The van der Waals surface area contributed by atoms with Gasteiger partial charge in [0.2, 0.25) is 0 Å². The zero-order chi connectivity index (χ0) is 17.8. The van der Waals surface area contributed by atoms with Crippen molar-refractivity contribution in [3.8, 4) is 11.3 Å². The lowest BCUT2D eigenvalue weighted by Crippen LogP contribution is -2.22. The van der Waals surface area contributed by atoms with Gasteiger partial charge in [-0.3, -0.25) is 4.90 Å². The minimum absolute atomic E-state index is 0.144. The van der Waals surface area contributed by atoms with Crippen LogP contribution in [0.3, 0.4) is 0 Å². The summed E-state index contributed by atoms with van der Waals surface area (Å²) in [7, 11) is 2.00. The van der Waals surface area contributed by atoms with Crippen LogP contribution in [0.5, 0.6) is 0 Å². The molecule has 0 saturated heterocycles. The number of thioether (sulfide) groups is 1. The van der Waals surface area contributed by atoms with Crippen molar-refractivity contribution in [1.29, 1.82) is 0 Å². The van der Waals surface area contributed by atoms with E-state index in [1.165, 1.54) is 4.90 Å². The fourth-order valence-corrected chi connectivity index (χ4v) is 3.40. The highest BCUT2D eigenvalue weighted by Crippen LogP contribution is 2.29. The number of benzene rings is 2. The molecule has 0 fully saturated rings. The third-order valence-corrected chi connectivity index (χ3v) is 5.12. The number of fused-ring (bicyclic) bond motifs is 1. The molecule has 0 aliphatic heterocycles. The van der Waals surface area contributed by atoms with E-state index in [4.69, 9.17) is 16.6 Å². The molecule has 5 heteroatoms. The predicted molar refractivity (Wildman–Crippen MR) is 107 cm³/mol. The van der Waals surface area contributed by atoms with E-state index in [0.717, 1.165) is 34.3 Å². The van der Waals surface area contributed by atoms with Crippen LogP contribution in [0.2, 0.25) is 5.02 Å². The van der Waals surface area contributed by atoms with Crippen molar-refractivity contribution in [2.24, 2.45) is 0 Å². The maximum atomic E-state index is 9.19. The average Bonchev–Trinajstić information content (AvgIpc) is 2.61. The Kier molecular flexibility index (Phi) is 5.97. The molecule has 3 aromatic rings. The van der Waals surface area contributed by atoms with E-state index < -0.39 is 0 Å². The van der Waals surface area contributed by atoms with Gasteiger partial charge in [-0.2, -0.15) is 0 Å². The molecule has 0 unspecified atom stereocenters. The summed E-state index contributed by atoms with van der Waals surface area (Å²) in [6, 6.07) is 16.4. The molecule has 25 heavy (non-hydrogen) atoms. The van der Waals surface area contributed by atoms with Crippen LogP contribution in [0, 0.1) is 0 Å². The molecule has 0 spiro atoms. The Morgan fingerprint density at radius 2 is 1.88 bits per heavy atom. The molecule has 0 atom stereocenters. The molecule has 1 aromatic heterocycles. The smallest absolute Gasteiger partial charge is 0.0754 e. The second-order valence-electron chi connectivity index (χ2n) is 6.02. The van der Waals surface area contributed by atoms with Crippen LogP contribution in [0.1, 0.15) is 5.56 Å². The van der Waals surface area contributed by atoms with Crippen molar-refractivity contribution >= 4 is 34.3 Å². The summed E-state index contributed by atoms with van der Waals surface area (Å²) in [5.41, 5.74) is 4.15. The van der Waals surface area contributed by atoms with E-state index >= 15 is 0 Å². The lowest BCUT2D eigenvalue weighted by Gasteiger charge is -2.18. The lowest BCUT2D eigenvalue weighted by atomic mass is 10.0.